The first-order valence-electron chi connectivity index (χ1n) is 9.39. The second-order valence-electron chi connectivity index (χ2n) is 8.02. The number of hydrogen-bond donors (Lipinski definition) is 1. The van der Waals surface area contributed by atoms with Crippen molar-refractivity contribution < 1.29 is 9.53 Å². The Morgan fingerprint density at radius 3 is 2.31 bits per heavy atom. The fourth-order valence-corrected chi connectivity index (χ4v) is 2.80. The highest BCUT2D eigenvalue weighted by Gasteiger charge is 2.13. The van der Waals surface area contributed by atoms with Crippen molar-refractivity contribution in [1.29, 1.82) is 0 Å². The van der Waals surface area contributed by atoms with Gasteiger partial charge in [0.25, 0.3) is 0 Å². The van der Waals surface area contributed by atoms with Gasteiger partial charge in [0.1, 0.15) is 5.75 Å². The highest BCUT2D eigenvalue weighted by molar-refractivity contribution is 5.91. The largest absolute Gasteiger partial charge is 0.494 e. The van der Waals surface area contributed by atoms with Crippen LogP contribution >= 0.6 is 0 Å². The van der Waals surface area contributed by atoms with E-state index in [2.05, 4.69) is 58.1 Å². The summed E-state index contributed by atoms with van der Waals surface area (Å²) in [7, 11) is 0. The molecule has 2 aromatic carbocycles. The molecule has 3 nitrogen and oxygen atoms in total. The van der Waals surface area contributed by atoms with Gasteiger partial charge in [0.05, 0.1) is 6.61 Å². The Labute approximate surface area is 157 Å². The molecule has 0 heterocycles. The molecule has 26 heavy (non-hydrogen) atoms. The maximum Gasteiger partial charge on any atom is 0.224 e. The van der Waals surface area contributed by atoms with Crippen LogP contribution in [0.4, 0.5) is 5.69 Å². The van der Waals surface area contributed by atoms with Gasteiger partial charge in [-0.25, -0.2) is 0 Å². The van der Waals surface area contributed by atoms with E-state index >= 15 is 0 Å². The molecule has 0 aliphatic rings. The lowest BCUT2D eigenvalue weighted by Gasteiger charge is -2.19. The van der Waals surface area contributed by atoms with Gasteiger partial charge in [0, 0.05) is 12.1 Å². The Bertz CT molecular complexity index is 712. The van der Waals surface area contributed by atoms with Gasteiger partial charge in [-0.2, -0.15) is 0 Å². The van der Waals surface area contributed by atoms with Gasteiger partial charge >= 0.3 is 0 Å². The molecule has 0 spiro atoms. The number of carbonyl (C=O) groups excluding carboxylic acids is 1. The maximum atomic E-state index is 12.2. The molecule has 2 rings (SSSR count). The number of carbonyl (C=O) groups is 1. The number of hydrogen-bond acceptors (Lipinski definition) is 2. The van der Waals surface area contributed by atoms with Crippen LogP contribution < -0.4 is 10.1 Å². The van der Waals surface area contributed by atoms with Gasteiger partial charge in [0.2, 0.25) is 5.91 Å². The summed E-state index contributed by atoms with van der Waals surface area (Å²) in [4.78, 5) is 12.2. The normalized spacial score (nSPS) is 11.5. The number of anilines is 1. The van der Waals surface area contributed by atoms with Crippen LogP contribution in [0, 0.1) is 0 Å². The lowest BCUT2D eigenvalue weighted by atomic mass is 9.87. The predicted octanol–water partition coefficient (Wildman–Crippen LogP) is 5.91. The number of para-hydroxylation sites is 1. The van der Waals surface area contributed by atoms with Crippen molar-refractivity contribution in [3.8, 4) is 5.75 Å². The van der Waals surface area contributed by atoms with Crippen molar-refractivity contribution in [2.24, 2.45) is 0 Å². The first kappa shape index (κ1) is 20.0. The van der Waals surface area contributed by atoms with Crippen LogP contribution in [-0.2, 0) is 10.2 Å². The third kappa shape index (κ3) is 5.91. The molecule has 1 amide bonds. The number of nitrogens with one attached hydrogen (secondary N) is 1. The summed E-state index contributed by atoms with van der Waals surface area (Å²) >= 11 is 0. The lowest BCUT2D eigenvalue weighted by Crippen LogP contribution is -2.14. The molecule has 140 valence electrons. The average molecular weight is 354 g/mol. The van der Waals surface area contributed by atoms with Gasteiger partial charge in [-0.05, 0) is 47.1 Å². The minimum Gasteiger partial charge on any atom is -0.494 e. The van der Waals surface area contributed by atoms with Gasteiger partial charge in [-0.1, -0.05) is 65.0 Å². The van der Waals surface area contributed by atoms with Crippen LogP contribution in [0.1, 0.15) is 64.5 Å². The van der Waals surface area contributed by atoms with Crippen LogP contribution in [0.3, 0.4) is 0 Å². The van der Waals surface area contributed by atoms with E-state index in [1.165, 1.54) is 5.56 Å². The molecule has 0 radical (unpaired) electrons. The molecule has 0 aromatic heterocycles. The Kier molecular flexibility index (Phi) is 6.84. The van der Waals surface area contributed by atoms with Crippen molar-refractivity contribution in [1.82, 2.24) is 0 Å². The van der Waals surface area contributed by atoms with Crippen molar-refractivity contribution in [3.63, 3.8) is 0 Å². The van der Waals surface area contributed by atoms with Gasteiger partial charge in [-0.3, -0.25) is 4.79 Å². The monoisotopic (exact) mass is 353 g/mol. The predicted molar refractivity (Wildman–Crippen MR) is 109 cm³/mol. The fraction of sp³-hybridized carbons (Fsp3) is 0.435. The molecule has 0 saturated carbocycles. The molecule has 0 saturated heterocycles. The highest BCUT2D eigenvalue weighted by Crippen LogP contribution is 2.25. The van der Waals surface area contributed by atoms with E-state index in [0.717, 1.165) is 17.0 Å². The Morgan fingerprint density at radius 2 is 1.69 bits per heavy atom. The van der Waals surface area contributed by atoms with Gasteiger partial charge < -0.3 is 10.1 Å². The Balaban J connectivity index is 1.77. The minimum atomic E-state index is 0.0322. The van der Waals surface area contributed by atoms with Crippen LogP contribution in [0.2, 0.25) is 0 Å². The standard InChI is InChI=1S/C23H31NO2/c1-17(2)20-9-6-7-10-21(20)24-22(25)11-8-16-26-19-14-12-18(13-15-19)23(3,4)5/h6-7,9-10,12-15,17H,8,11,16H2,1-5H3,(H,24,25). The summed E-state index contributed by atoms with van der Waals surface area (Å²) in [5.74, 6) is 1.26. The molecule has 0 aliphatic heterocycles. The molecule has 2 aromatic rings. The molecule has 0 unspecified atom stereocenters. The molecular formula is C23H31NO2. The summed E-state index contributed by atoms with van der Waals surface area (Å²) in [6.07, 6.45) is 1.14. The summed E-state index contributed by atoms with van der Waals surface area (Å²) < 4.78 is 5.76. The zero-order valence-corrected chi connectivity index (χ0v) is 16.6. The summed E-state index contributed by atoms with van der Waals surface area (Å²) in [5.41, 5.74) is 3.50. The average Bonchev–Trinajstić information content (AvgIpc) is 2.58. The first-order chi connectivity index (χ1) is 12.3. The van der Waals surface area contributed by atoms with Crippen molar-refractivity contribution >= 4 is 11.6 Å². The zero-order valence-electron chi connectivity index (χ0n) is 16.6. The smallest absolute Gasteiger partial charge is 0.224 e. The van der Waals surface area contributed by atoms with E-state index in [9.17, 15) is 4.79 Å². The van der Waals surface area contributed by atoms with Crippen LogP contribution in [0.25, 0.3) is 0 Å². The SMILES string of the molecule is CC(C)c1ccccc1NC(=O)CCCOc1ccc(C(C)(C)C)cc1. The molecule has 1 N–H and O–H groups in total. The molecule has 0 aliphatic carbocycles. The summed E-state index contributed by atoms with van der Waals surface area (Å²) in [5, 5.41) is 3.02. The molecule has 3 heteroatoms. The fourth-order valence-electron chi connectivity index (χ4n) is 2.80. The topological polar surface area (TPSA) is 38.3 Å². The van der Waals surface area contributed by atoms with E-state index in [4.69, 9.17) is 4.74 Å². The maximum absolute atomic E-state index is 12.2. The van der Waals surface area contributed by atoms with Crippen molar-refractivity contribution in [2.45, 2.75) is 58.8 Å². The van der Waals surface area contributed by atoms with E-state index < -0.39 is 0 Å². The lowest BCUT2D eigenvalue weighted by molar-refractivity contribution is -0.116. The minimum absolute atomic E-state index is 0.0322. The van der Waals surface area contributed by atoms with E-state index in [0.29, 0.717) is 25.4 Å². The van der Waals surface area contributed by atoms with E-state index in [1.54, 1.807) is 0 Å². The molecule has 0 bridgehead atoms. The third-order valence-electron chi connectivity index (χ3n) is 4.39. The molecular weight excluding hydrogens is 322 g/mol. The highest BCUT2D eigenvalue weighted by atomic mass is 16.5. The van der Waals surface area contributed by atoms with Crippen LogP contribution in [0.15, 0.2) is 48.5 Å². The first-order valence-corrected chi connectivity index (χ1v) is 9.39. The number of benzene rings is 2. The van der Waals surface area contributed by atoms with Crippen LogP contribution in [0.5, 0.6) is 5.75 Å². The second-order valence-corrected chi connectivity index (χ2v) is 8.02. The Morgan fingerprint density at radius 1 is 1.04 bits per heavy atom. The number of rotatable bonds is 7. The molecule has 0 fully saturated rings. The van der Waals surface area contributed by atoms with E-state index in [-0.39, 0.29) is 11.3 Å². The zero-order chi connectivity index (χ0) is 19.2. The summed E-state index contributed by atoms with van der Waals surface area (Å²) in [6.45, 7) is 11.4. The summed E-state index contributed by atoms with van der Waals surface area (Å²) in [6, 6.07) is 16.2. The number of ether oxygens (including phenoxy) is 1. The van der Waals surface area contributed by atoms with Gasteiger partial charge in [0.15, 0.2) is 0 Å². The van der Waals surface area contributed by atoms with Crippen LogP contribution in [-0.4, -0.2) is 12.5 Å². The van der Waals surface area contributed by atoms with Crippen molar-refractivity contribution in [3.05, 3.63) is 59.7 Å². The Hall–Kier alpha value is -2.29. The quantitative estimate of drug-likeness (QED) is 0.629. The van der Waals surface area contributed by atoms with Crippen molar-refractivity contribution in [2.75, 3.05) is 11.9 Å². The van der Waals surface area contributed by atoms with E-state index in [1.807, 2.05) is 30.3 Å². The second kappa shape index (κ2) is 8.88. The molecule has 0 atom stereocenters. The number of amides is 1. The van der Waals surface area contributed by atoms with Gasteiger partial charge in [-0.15, -0.1) is 0 Å². The third-order valence-corrected chi connectivity index (χ3v) is 4.39.